The zero-order chi connectivity index (χ0) is 13.5. The van der Waals surface area contributed by atoms with E-state index in [-0.39, 0.29) is 6.61 Å². The summed E-state index contributed by atoms with van der Waals surface area (Å²) < 4.78 is 0.989. The van der Waals surface area contributed by atoms with Gasteiger partial charge in [0.2, 0.25) is 0 Å². The van der Waals surface area contributed by atoms with Gasteiger partial charge in [0.15, 0.2) is 0 Å². The largest absolute Gasteiger partial charge is 0.395 e. The van der Waals surface area contributed by atoms with Crippen LogP contribution in [0.25, 0.3) is 0 Å². The van der Waals surface area contributed by atoms with Crippen molar-refractivity contribution >= 4 is 39.0 Å². The first kappa shape index (κ1) is 14.6. The highest BCUT2D eigenvalue weighted by molar-refractivity contribution is 9.10. The van der Waals surface area contributed by atoms with Crippen molar-refractivity contribution < 1.29 is 5.11 Å². The van der Waals surface area contributed by atoms with Crippen LogP contribution in [-0.4, -0.2) is 16.7 Å². The van der Waals surface area contributed by atoms with E-state index in [1.165, 1.54) is 4.88 Å². The Bertz CT molecular complexity index is 583. The van der Waals surface area contributed by atoms with Crippen LogP contribution >= 0.6 is 39.0 Å². The molecule has 0 unspecified atom stereocenters. The molecule has 2 aromatic heterocycles. The van der Waals surface area contributed by atoms with Gasteiger partial charge >= 0.3 is 0 Å². The molecule has 19 heavy (non-hydrogen) atoms. The van der Waals surface area contributed by atoms with Crippen molar-refractivity contribution in [2.45, 2.75) is 17.2 Å². The second-order valence-corrected chi connectivity index (χ2v) is 6.55. The molecule has 98 valence electrons. The molecule has 0 aliphatic rings. The van der Waals surface area contributed by atoms with E-state index in [4.69, 9.17) is 5.11 Å². The number of nitrogens with zero attached hydrogens (tertiary/aromatic N) is 1. The minimum Gasteiger partial charge on any atom is -0.395 e. The van der Waals surface area contributed by atoms with Crippen LogP contribution in [0.3, 0.4) is 0 Å². The van der Waals surface area contributed by atoms with Crippen molar-refractivity contribution in [1.29, 1.82) is 0 Å². The van der Waals surface area contributed by atoms with Gasteiger partial charge in [-0.3, -0.25) is 0 Å². The van der Waals surface area contributed by atoms with Crippen LogP contribution < -0.4 is 0 Å². The van der Waals surface area contributed by atoms with E-state index >= 15 is 0 Å². The fourth-order valence-electron chi connectivity index (χ4n) is 1.36. The molecular formula is C14H12BrNOS2. The predicted molar refractivity (Wildman–Crippen MR) is 84.4 cm³/mol. The zero-order valence-electron chi connectivity index (χ0n) is 10.1. The van der Waals surface area contributed by atoms with E-state index in [0.717, 1.165) is 20.8 Å². The van der Waals surface area contributed by atoms with Crippen molar-refractivity contribution in [2.24, 2.45) is 0 Å². The first-order valence-corrected chi connectivity index (χ1v) is 8.36. The van der Waals surface area contributed by atoms with E-state index in [1.54, 1.807) is 29.3 Å². The molecule has 0 aliphatic carbocycles. The molecular weight excluding hydrogens is 342 g/mol. The molecule has 0 aromatic carbocycles. The lowest BCUT2D eigenvalue weighted by Crippen LogP contribution is -1.83. The lowest BCUT2D eigenvalue weighted by molar-refractivity contribution is 0.305. The lowest BCUT2D eigenvalue weighted by atomic mass is 10.2. The molecule has 0 radical (unpaired) electrons. The van der Waals surface area contributed by atoms with Crippen molar-refractivity contribution in [2.75, 3.05) is 6.61 Å². The van der Waals surface area contributed by atoms with Gasteiger partial charge in [0, 0.05) is 33.3 Å². The van der Waals surface area contributed by atoms with E-state index in [2.05, 4.69) is 32.8 Å². The Morgan fingerprint density at radius 2 is 2.26 bits per heavy atom. The molecule has 2 rings (SSSR count). The standard InChI is InChI=1S/C14H12BrNOS2/c15-12-4-5-14(16-9-12)19-10-13-11(6-8-18-13)3-1-2-7-17/h4-6,8-9,17H,2,7,10H2. The van der Waals surface area contributed by atoms with Crippen LogP contribution in [0, 0.1) is 11.8 Å². The quantitative estimate of drug-likeness (QED) is 0.667. The number of rotatable bonds is 4. The van der Waals surface area contributed by atoms with Crippen LogP contribution in [0.4, 0.5) is 0 Å². The monoisotopic (exact) mass is 353 g/mol. The van der Waals surface area contributed by atoms with Gasteiger partial charge < -0.3 is 5.11 Å². The van der Waals surface area contributed by atoms with Gasteiger partial charge in [-0.05, 0) is 39.5 Å². The molecule has 0 spiro atoms. The molecule has 2 nitrogen and oxygen atoms in total. The fourth-order valence-corrected chi connectivity index (χ4v) is 3.39. The van der Waals surface area contributed by atoms with Crippen LogP contribution in [0.15, 0.2) is 39.3 Å². The molecule has 0 saturated heterocycles. The van der Waals surface area contributed by atoms with E-state index in [0.29, 0.717) is 6.42 Å². The Morgan fingerprint density at radius 3 is 3.00 bits per heavy atom. The molecule has 2 aromatic rings. The third-order valence-electron chi connectivity index (χ3n) is 2.26. The van der Waals surface area contributed by atoms with Crippen molar-refractivity contribution in [3.05, 3.63) is 44.7 Å². The summed E-state index contributed by atoms with van der Waals surface area (Å²) >= 11 is 6.78. The van der Waals surface area contributed by atoms with Crippen molar-refractivity contribution in [3.8, 4) is 11.8 Å². The summed E-state index contributed by atoms with van der Waals surface area (Å²) in [5.74, 6) is 6.93. The molecule has 2 heterocycles. The zero-order valence-corrected chi connectivity index (χ0v) is 13.3. The van der Waals surface area contributed by atoms with Crippen molar-refractivity contribution in [1.82, 2.24) is 4.98 Å². The maximum absolute atomic E-state index is 8.72. The van der Waals surface area contributed by atoms with Crippen molar-refractivity contribution in [3.63, 3.8) is 0 Å². The van der Waals surface area contributed by atoms with E-state index < -0.39 is 0 Å². The first-order valence-electron chi connectivity index (χ1n) is 5.70. The number of thiophene rings is 1. The molecule has 0 aliphatic heterocycles. The minimum absolute atomic E-state index is 0.115. The maximum atomic E-state index is 8.72. The summed E-state index contributed by atoms with van der Waals surface area (Å²) in [6, 6.07) is 6.02. The average Bonchev–Trinajstić information content (AvgIpc) is 2.86. The Kier molecular flexibility index (Phi) is 5.93. The molecule has 0 saturated carbocycles. The number of hydrogen-bond acceptors (Lipinski definition) is 4. The van der Waals surface area contributed by atoms with Gasteiger partial charge in [0.05, 0.1) is 11.6 Å². The SMILES string of the molecule is OCCC#Cc1ccsc1CSc1ccc(Br)cn1. The number of hydrogen-bond donors (Lipinski definition) is 1. The van der Waals surface area contributed by atoms with Crippen LogP contribution in [0.1, 0.15) is 16.9 Å². The molecule has 0 amide bonds. The number of aromatic nitrogens is 1. The summed E-state index contributed by atoms with van der Waals surface area (Å²) in [6.45, 7) is 0.115. The summed E-state index contributed by atoms with van der Waals surface area (Å²) in [5.41, 5.74) is 1.06. The summed E-state index contributed by atoms with van der Waals surface area (Å²) in [6.07, 6.45) is 2.33. The molecule has 1 N–H and O–H groups in total. The Labute approximate surface area is 129 Å². The van der Waals surface area contributed by atoms with Gasteiger partial charge in [0.1, 0.15) is 0 Å². The highest BCUT2D eigenvalue weighted by atomic mass is 79.9. The lowest BCUT2D eigenvalue weighted by Gasteiger charge is -2.00. The van der Waals surface area contributed by atoms with Crippen LogP contribution in [0.5, 0.6) is 0 Å². The first-order chi connectivity index (χ1) is 9.29. The van der Waals surface area contributed by atoms with Crippen LogP contribution in [0.2, 0.25) is 0 Å². The van der Waals surface area contributed by atoms with Gasteiger partial charge in [-0.1, -0.05) is 11.8 Å². The molecule has 0 bridgehead atoms. The maximum Gasteiger partial charge on any atom is 0.0964 e. The minimum atomic E-state index is 0.115. The number of aliphatic hydroxyl groups excluding tert-OH is 1. The summed E-state index contributed by atoms with van der Waals surface area (Å²) in [4.78, 5) is 5.58. The second kappa shape index (κ2) is 7.71. The third kappa shape index (κ3) is 4.66. The molecule has 0 atom stereocenters. The predicted octanol–water partition coefficient (Wildman–Crippen LogP) is 3.93. The second-order valence-electron chi connectivity index (χ2n) is 3.64. The normalized spacial score (nSPS) is 10.0. The fraction of sp³-hybridized carbons (Fsp3) is 0.214. The van der Waals surface area contributed by atoms with Gasteiger partial charge in [-0.2, -0.15) is 0 Å². The van der Waals surface area contributed by atoms with Gasteiger partial charge in [-0.25, -0.2) is 4.98 Å². The smallest absolute Gasteiger partial charge is 0.0964 e. The van der Waals surface area contributed by atoms with Crippen LogP contribution in [-0.2, 0) is 5.75 Å². The molecule has 0 fully saturated rings. The number of halogens is 1. The number of thioether (sulfide) groups is 1. The number of aliphatic hydroxyl groups is 1. The number of pyridine rings is 1. The Hall–Kier alpha value is -0.800. The van der Waals surface area contributed by atoms with E-state index in [9.17, 15) is 0 Å². The summed E-state index contributed by atoms with van der Waals surface area (Å²) in [5, 5.41) is 11.8. The third-order valence-corrected chi connectivity index (χ3v) is 4.80. The van der Waals surface area contributed by atoms with Gasteiger partial charge in [-0.15, -0.1) is 23.1 Å². The molecule has 5 heteroatoms. The van der Waals surface area contributed by atoms with Gasteiger partial charge in [0.25, 0.3) is 0 Å². The van der Waals surface area contributed by atoms with E-state index in [1.807, 2.05) is 23.6 Å². The average molecular weight is 354 g/mol. The highest BCUT2D eigenvalue weighted by Crippen LogP contribution is 2.26. The Balaban J connectivity index is 1.98. The summed E-state index contributed by atoms with van der Waals surface area (Å²) in [7, 11) is 0. The topological polar surface area (TPSA) is 33.1 Å². The highest BCUT2D eigenvalue weighted by Gasteiger charge is 2.03. The Morgan fingerprint density at radius 1 is 1.37 bits per heavy atom.